The van der Waals surface area contributed by atoms with Crippen molar-refractivity contribution in [2.45, 2.75) is 19.4 Å². The fourth-order valence-electron chi connectivity index (χ4n) is 1.55. The van der Waals surface area contributed by atoms with Gasteiger partial charge in [0.25, 0.3) is 0 Å². The second-order valence-electron chi connectivity index (χ2n) is 3.98. The molecule has 0 fully saturated rings. The SMILES string of the molecule is Nc1ccc(CCC(=O)OCc2cccs2)cc1. The largest absolute Gasteiger partial charge is 0.460 e. The molecule has 2 rings (SSSR count). The van der Waals surface area contributed by atoms with Gasteiger partial charge in [0.2, 0.25) is 0 Å². The molecule has 94 valence electrons. The van der Waals surface area contributed by atoms with E-state index in [2.05, 4.69) is 0 Å². The van der Waals surface area contributed by atoms with Gasteiger partial charge in [0, 0.05) is 17.0 Å². The Morgan fingerprint density at radius 1 is 1.22 bits per heavy atom. The average molecular weight is 261 g/mol. The highest BCUT2D eigenvalue weighted by Crippen LogP contribution is 2.11. The predicted molar refractivity (Wildman–Crippen MR) is 73.3 cm³/mol. The third kappa shape index (κ3) is 3.89. The van der Waals surface area contributed by atoms with Crippen LogP contribution in [0, 0.1) is 0 Å². The molecule has 0 aliphatic rings. The van der Waals surface area contributed by atoms with Gasteiger partial charge in [-0.25, -0.2) is 0 Å². The molecule has 0 radical (unpaired) electrons. The summed E-state index contributed by atoms with van der Waals surface area (Å²) in [5.41, 5.74) is 7.42. The lowest BCUT2D eigenvalue weighted by Gasteiger charge is -2.04. The topological polar surface area (TPSA) is 52.3 Å². The lowest BCUT2D eigenvalue weighted by Crippen LogP contribution is -2.05. The molecule has 0 bridgehead atoms. The number of rotatable bonds is 5. The third-order valence-corrected chi connectivity index (χ3v) is 3.40. The molecular formula is C14H15NO2S. The molecule has 0 saturated heterocycles. The van der Waals surface area contributed by atoms with E-state index in [9.17, 15) is 4.79 Å². The van der Waals surface area contributed by atoms with Crippen LogP contribution in [-0.2, 0) is 22.6 Å². The lowest BCUT2D eigenvalue weighted by atomic mass is 10.1. The summed E-state index contributed by atoms with van der Waals surface area (Å²) in [6.45, 7) is 0.373. The van der Waals surface area contributed by atoms with E-state index in [0.29, 0.717) is 19.4 Å². The number of ether oxygens (including phenoxy) is 1. The highest BCUT2D eigenvalue weighted by atomic mass is 32.1. The molecule has 0 spiro atoms. The first-order valence-electron chi connectivity index (χ1n) is 5.76. The molecule has 2 aromatic rings. The van der Waals surface area contributed by atoms with Gasteiger partial charge in [0.1, 0.15) is 6.61 Å². The number of benzene rings is 1. The Balaban J connectivity index is 1.73. The highest BCUT2D eigenvalue weighted by Gasteiger charge is 2.04. The van der Waals surface area contributed by atoms with E-state index in [4.69, 9.17) is 10.5 Å². The van der Waals surface area contributed by atoms with Crippen LogP contribution in [0.4, 0.5) is 5.69 Å². The Bertz CT molecular complexity index is 491. The molecule has 0 aliphatic heterocycles. The third-order valence-electron chi connectivity index (χ3n) is 2.55. The number of hydrogen-bond donors (Lipinski definition) is 1. The van der Waals surface area contributed by atoms with Crippen LogP contribution >= 0.6 is 11.3 Å². The molecular weight excluding hydrogens is 246 g/mol. The van der Waals surface area contributed by atoms with Crippen LogP contribution in [-0.4, -0.2) is 5.97 Å². The van der Waals surface area contributed by atoms with E-state index in [1.165, 1.54) is 0 Å². The molecule has 0 saturated carbocycles. The molecule has 1 aromatic carbocycles. The second-order valence-corrected chi connectivity index (χ2v) is 5.01. The zero-order chi connectivity index (χ0) is 12.8. The van der Waals surface area contributed by atoms with Crippen LogP contribution in [0.3, 0.4) is 0 Å². The molecule has 0 atom stereocenters. The number of nitrogen functional groups attached to an aromatic ring is 1. The van der Waals surface area contributed by atoms with Crippen LogP contribution < -0.4 is 5.73 Å². The molecule has 2 N–H and O–H groups in total. The smallest absolute Gasteiger partial charge is 0.306 e. The van der Waals surface area contributed by atoms with Crippen molar-refractivity contribution < 1.29 is 9.53 Å². The maximum absolute atomic E-state index is 11.5. The van der Waals surface area contributed by atoms with Gasteiger partial charge in [-0.05, 0) is 35.6 Å². The Kier molecular flexibility index (Phi) is 4.36. The van der Waals surface area contributed by atoms with E-state index in [1.54, 1.807) is 11.3 Å². The zero-order valence-electron chi connectivity index (χ0n) is 9.96. The van der Waals surface area contributed by atoms with Crippen molar-refractivity contribution in [3.8, 4) is 0 Å². The molecule has 4 heteroatoms. The van der Waals surface area contributed by atoms with E-state index < -0.39 is 0 Å². The molecule has 3 nitrogen and oxygen atoms in total. The number of anilines is 1. The summed E-state index contributed by atoms with van der Waals surface area (Å²) in [5, 5.41) is 1.97. The van der Waals surface area contributed by atoms with Crippen molar-refractivity contribution in [3.63, 3.8) is 0 Å². The fourth-order valence-corrected chi connectivity index (χ4v) is 2.17. The van der Waals surface area contributed by atoms with Crippen molar-refractivity contribution in [2.75, 3.05) is 5.73 Å². The standard InChI is InChI=1S/C14H15NO2S/c15-12-6-3-11(4-7-12)5-8-14(16)17-10-13-2-1-9-18-13/h1-4,6-7,9H,5,8,10,15H2. The summed E-state index contributed by atoms with van der Waals surface area (Å²) >= 11 is 1.59. The second kappa shape index (κ2) is 6.21. The normalized spacial score (nSPS) is 10.2. The van der Waals surface area contributed by atoms with Gasteiger partial charge in [0.05, 0.1) is 0 Å². The van der Waals surface area contributed by atoms with Gasteiger partial charge in [0.15, 0.2) is 0 Å². The van der Waals surface area contributed by atoms with Crippen molar-refractivity contribution in [1.29, 1.82) is 0 Å². The van der Waals surface area contributed by atoms with E-state index >= 15 is 0 Å². The van der Waals surface area contributed by atoms with Gasteiger partial charge in [-0.15, -0.1) is 11.3 Å². The summed E-state index contributed by atoms with van der Waals surface area (Å²) in [7, 11) is 0. The summed E-state index contributed by atoms with van der Waals surface area (Å²) in [4.78, 5) is 12.6. The Labute approximate surface area is 110 Å². The number of thiophene rings is 1. The molecule has 0 unspecified atom stereocenters. The van der Waals surface area contributed by atoms with Crippen molar-refractivity contribution >= 4 is 23.0 Å². The van der Waals surface area contributed by atoms with Crippen LogP contribution in [0.15, 0.2) is 41.8 Å². The van der Waals surface area contributed by atoms with Crippen LogP contribution in [0.2, 0.25) is 0 Å². The molecule has 1 aromatic heterocycles. The summed E-state index contributed by atoms with van der Waals surface area (Å²) in [6.07, 6.45) is 1.08. The molecule has 0 amide bonds. The minimum atomic E-state index is -0.166. The fraction of sp³-hybridized carbons (Fsp3) is 0.214. The van der Waals surface area contributed by atoms with Gasteiger partial charge in [-0.2, -0.15) is 0 Å². The Morgan fingerprint density at radius 3 is 2.67 bits per heavy atom. The van der Waals surface area contributed by atoms with Crippen molar-refractivity contribution in [1.82, 2.24) is 0 Å². The van der Waals surface area contributed by atoms with Crippen LogP contribution in [0.1, 0.15) is 16.9 Å². The first-order valence-corrected chi connectivity index (χ1v) is 6.64. The van der Waals surface area contributed by atoms with E-state index in [0.717, 1.165) is 16.1 Å². The van der Waals surface area contributed by atoms with E-state index in [-0.39, 0.29) is 5.97 Å². The Morgan fingerprint density at radius 2 is 2.00 bits per heavy atom. The van der Waals surface area contributed by atoms with E-state index in [1.807, 2.05) is 41.8 Å². The van der Waals surface area contributed by atoms with Gasteiger partial charge in [-0.3, -0.25) is 4.79 Å². The summed E-state index contributed by atoms with van der Waals surface area (Å²) in [5.74, 6) is -0.166. The van der Waals surface area contributed by atoms with Crippen LogP contribution in [0.25, 0.3) is 0 Å². The quantitative estimate of drug-likeness (QED) is 0.665. The lowest BCUT2D eigenvalue weighted by molar-refractivity contribution is -0.144. The van der Waals surface area contributed by atoms with Crippen molar-refractivity contribution in [3.05, 3.63) is 52.2 Å². The van der Waals surface area contributed by atoms with Gasteiger partial charge in [-0.1, -0.05) is 18.2 Å². The molecule has 1 heterocycles. The number of hydrogen-bond acceptors (Lipinski definition) is 4. The summed E-state index contributed by atoms with van der Waals surface area (Å²) < 4.78 is 5.18. The highest BCUT2D eigenvalue weighted by molar-refractivity contribution is 7.09. The number of esters is 1. The van der Waals surface area contributed by atoms with Gasteiger partial charge < -0.3 is 10.5 Å². The predicted octanol–water partition coefficient (Wildman–Crippen LogP) is 3.01. The average Bonchev–Trinajstić information content (AvgIpc) is 2.89. The Hall–Kier alpha value is -1.81. The minimum Gasteiger partial charge on any atom is -0.460 e. The number of carbonyl (C=O) groups excluding carboxylic acids is 1. The molecule has 0 aliphatic carbocycles. The maximum atomic E-state index is 11.5. The number of nitrogens with two attached hydrogens (primary N) is 1. The number of aryl methyl sites for hydroxylation is 1. The number of carbonyl (C=O) groups is 1. The zero-order valence-corrected chi connectivity index (χ0v) is 10.8. The van der Waals surface area contributed by atoms with Gasteiger partial charge >= 0.3 is 5.97 Å². The van der Waals surface area contributed by atoms with Crippen molar-refractivity contribution in [2.24, 2.45) is 0 Å². The first kappa shape index (κ1) is 12.6. The monoisotopic (exact) mass is 261 g/mol. The summed E-state index contributed by atoms with van der Waals surface area (Å²) in [6, 6.07) is 11.4. The minimum absolute atomic E-state index is 0.166. The first-order chi connectivity index (χ1) is 8.74. The van der Waals surface area contributed by atoms with Crippen LogP contribution in [0.5, 0.6) is 0 Å². The maximum Gasteiger partial charge on any atom is 0.306 e. The molecule has 18 heavy (non-hydrogen) atoms.